The van der Waals surface area contributed by atoms with Gasteiger partial charge in [0, 0.05) is 18.3 Å². The Morgan fingerprint density at radius 2 is 1.93 bits per heavy atom. The van der Waals surface area contributed by atoms with Crippen LogP contribution in [0.1, 0.15) is 13.8 Å². The molecule has 15 heavy (non-hydrogen) atoms. The summed E-state index contributed by atoms with van der Waals surface area (Å²) in [7, 11) is 0. The number of nitrogens with zero attached hydrogens (tertiary/aromatic N) is 3. The molecule has 0 aliphatic rings. The van der Waals surface area contributed by atoms with E-state index in [1.165, 1.54) is 0 Å². The van der Waals surface area contributed by atoms with Crippen molar-refractivity contribution in [3.63, 3.8) is 0 Å². The molecule has 0 saturated heterocycles. The van der Waals surface area contributed by atoms with Gasteiger partial charge in [-0.3, -0.25) is 0 Å². The van der Waals surface area contributed by atoms with Crippen LogP contribution >= 0.6 is 24.2 Å². The highest BCUT2D eigenvalue weighted by Gasteiger charge is 2.04. The molecule has 0 atom stereocenters. The summed E-state index contributed by atoms with van der Waals surface area (Å²) < 4.78 is 0. The molecule has 0 saturated carbocycles. The minimum Gasteiger partial charge on any atom is -0.353 e. The number of nitrogens with one attached hydrogen (secondary N) is 2. The van der Waals surface area contributed by atoms with Gasteiger partial charge in [-0.25, -0.2) is 0 Å². The highest BCUT2D eigenvalue weighted by Crippen LogP contribution is 2.09. The van der Waals surface area contributed by atoms with Crippen LogP contribution in [0.15, 0.2) is 0 Å². The lowest BCUT2D eigenvalue weighted by Gasteiger charge is -2.09. The first-order valence-corrected chi connectivity index (χ1v) is 5.65. The van der Waals surface area contributed by atoms with Crippen LogP contribution in [0.25, 0.3) is 0 Å². The maximum Gasteiger partial charge on any atom is 0.228 e. The molecule has 2 N–H and O–H groups in total. The molecule has 0 aromatic carbocycles. The molecule has 0 fully saturated rings. The van der Waals surface area contributed by atoms with Gasteiger partial charge in [0.15, 0.2) is 0 Å². The molecular weight excluding hydrogens is 234 g/mol. The minimum atomic E-state index is 0.176. The number of rotatable bonds is 5. The smallest absolute Gasteiger partial charge is 0.228 e. The number of hydrogen-bond acceptors (Lipinski definition) is 6. The van der Waals surface area contributed by atoms with Gasteiger partial charge >= 0.3 is 0 Å². The molecule has 0 radical (unpaired) electrons. The Morgan fingerprint density at radius 3 is 2.53 bits per heavy atom. The van der Waals surface area contributed by atoms with Crippen molar-refractivity contribution in [2.45, 2.75) is 19.9 Å². The molecular formula is C8H14ClN5S. The van der Waals surface area contributed by atoms with E-state index in [0.717, 1.165) is 0 Å². The molecule has 1 aromatic heterocycles. The molecule has 7 heteroatoms. The molecule has 84 valence electrons. The van der Waals surface area contributed by atoms with Crippen molar-refractivity contribution in [3.05, 3.63) is 5.28 Å². The van der Waals surface area contributed by atoms with Crippen molar-refractivity contribution in [1.29, 1.82) is 0 Å². The first-order chi connectivity index (χ1) is 7.11. The number of hydrogen-bond donors (Lipinski definition) is 3. The van der Waals surface area contributed by atoms with Gasteiger partial charge in [-0.05, 0) is 25.4 Å². The van der Waals surface area contributed by atoms with Gasteiger partial charge in [0.2, 0.25) is 17.2 Å². The predicted molar refractivity (Wildman–Crippen MR) is 65.9 cm³/mol. The fraction of sp³-hybridized carbons (Fsp3) is 0.625. The molecule has 0 bridgehead atoms. The summed E-state index contributed by atoms with van der Waals surface area (Å²) in [5.41, 5.74) is 0. The van der Waals surface area contributed by atoms with E-state index in [0.29, 0.717) is 24.2 Å². The first kappa shape index (κ1) is 12.3. The van der Waals surface area contributed by atoms with Crippen molar-refractivity contribution >= 4 is 36.1 Å². The predicted octanol–water partition coefficient (Wildman–Crippen LogP) is 1.69. The summed E-state index contributed by atoms with van der Waals surface area (Å²) in [5.74, 6) is 1.65. The minimum absolute atomic E-state index is 0.176. The number of thiol groups is 1. The Bertz CT molecular complexity index is 320. The number of anilines is 2. The average molecular weight is 248 g/mol. The van der Waals surface area contributed by atoms with Crippen molar-refractivity contribution in [1.82, 2.24) is 15.0 Å². The SMILES string of the molecule is CC(C)Nc1nc(Cl)nc(NCCS)n1. The molecule has 0 aliphatic carbocycles. The van der Waals surface area contributed by atoms with E-state index in [1.54, 1.807) is 0 Å². The summed E-state index contributed by atoms with van der Waals surface area (Å²) in [6.07, 6.45) is 0. The molecule has 1 aromatic rings. The van der Waals surface area contributed by atoms with Crippen LogP contribution in [0, 0.1) is 0 Å². The van der Waals surface area contributed by atoms with Gasteiger partial charge in [0.1, 0.15) is 0 Å². The van der Waals surface area contributed by atoms with E-state index in [1.807, 2.05) is 13.8 Å². The zero-order chi connectivity index (χ0) is 11.3. The van der Waals surface area contributed by atoms with Crippen LogP contribution in [0.2, 0.25) is 5.28 Å². The van der Waals surface area contributed by atoms with E-state index in [4.69, 9.17) is 11.6 Å². The largest absolute Gasteiger partial charge is 0.353 e. The van der Waals surface area contributed by atoms with Crippen molar-refractivity contribution in [2.24, 2.45) is 0 Å². The van der Waals surface area contributed by atoms with Crippen LogP contribution in [0.3, 0.4) is 0 Å². The second-order valence-electron chi connectivity index (χ2n) is 3.20. The molecule has 0 aliphatic heterocycles. The van der Waals surface area contributed by atoms with E-state index in [2.05, 4.69) is 38.2 Å². The van der Waals surface area contributed by atoms with E-state index in [9.17, 15) is 0 Å². The van der Waals surface area contributed by atoms with Gasteiger partial charge in [-0.2, -0.15) is 27.6 Å². The highest BCUT2D eigenvalue weighted by atomic mass is 35.5. The summed E-state index contributed by atoms with van der Waals surface area (Å²) >= 11 is 9.83. The number of halogens is 1. The quantitative estimate of drug-likeness (QED) is 0.692. The summed E-state index contributed by atoms with van der Waals surface area (Å²) in [6.45, 7) is 4.68. The Morgan fingerprint density at radius 1 is 1.27 bits per heavy atom. The van der Waals surface area contributed by atoms with Gasteiger partial charge < -0.3 is 10.6 Å². The number of aromatic nitrogens is 3. The third-order valence-corrected chi connectivity index (χ3v) is 1.81. The fourth-order valence-electron chi connectivity index (χ4n) is 0.920. The lowest BCUT2D eigenvalue weighted by molar-refractivity contribution is 0.866. The van der Waals surface area contributed by atoms with Crippen LogP contribution in [0.4, 0.5) is 11.9 Å². The fourth-order valence-corrected chi connectivity index (χ4v) is 1.19. The third-order valence-electron chi connectivity index (χ3n) is 1.42. The molecule has 0 unspecified atom stereocenters. The molecule has 0 amide bonds. The van der Waals surface area contributed by atoms with E-state index in [-0.39, 0.29) is 11.3 Å². The van der Waals surface area contributed by atoms with Crippen molar-refractivity contribution in [2.75, 3.05) is 22.9 Å². The Hall–Kier alpha value is -0.750. The zero-order valence-electron chi connectivity index (χ0n) is 8.66. The van der Waals surface area contributed by atoms with E-state index >= 15 is 0 Å². The maximum absolute atomic E-state index is 5.75. The van der Waals surface area contributed by atoms with Gasteiger partial charge in [-0.1, -0.05) is 0 Å². The summed E-state index contributed by atoms with van der Waals surface area (Å²) in [5, 5.41) is 6.22. The summed E-state index contributed by atoms with van der Waals surface area (Å²) in [4.78, 5) is 12.0. The van der Waals surface area contributed by atoms with Crippen LogP contribution in [-0.2, 0) is 0 Å². The maximum atomic E-state index is 5.75. The first-order valence-electron chi connectivity index (χ1n) is 4.64. The summed E-state index contributed by atoms with van der Waals surface area (Å²) in [6, 6.07) is 0.251. The van der Waals surface area contributed by atoms with E-state index < -0.39 is 0 Å². The lowest BCUT2D eigenvalue weighted by Crippen LogP contribution is -2.15. The molecule has 1 rings (SSSR count). The van der Waals surface area contributed by atoms with Crippen molar-refractivity contribution < 1.29 is 0 Å². The monoisotopic (exact) mass is 247 g/mol. The third kappa shape index (κ3) is 4.53. The van der Waals surface area contributed by atoms with Crippen LogP contribution in [0.5, 0.6) is 0 Å². The zero-order valence-corrected chi connectivity index (χ0v) is 10.3. The standard InChI is InChI=1S/C8H14ClN5S/c1-5(2)11-8-13-6(9)12-7(14-8)10-3-4-15/h5,15H,3-4H2,1-2H3,(H2,10,11,12,13,14). The topological polar surface area (TPSA) is 62.7 Å². The van der Waals surface area contributed by atoms with Crippen molar-refractivity contribution in [3.8, 4) is 0 Å². The Kier molecular flexibility index (Phi) is 4.90. The Balaban J connectivity index is 2.75. The second kappa shape index (κ2) is 5.97. The van der Waals surface area contributed by atoms with Gasteiger partial charge in [0.05, 0.1) is 0 Å². The molecule has 0 spiro atoms. The molecule has 1 heterocycles. The van der Waals surface area contributed by atoms with Gasteiger partial charge in [-0.15, -0.1) is 0 Å². The highest BCUT2D eigenvalue weighted by molar-refractivity contribution is 7.80. The van der Waals surface area contributed by atoms with Gasteiger partial charge in [0.25, 0.3) is 0 Å². The second-order valence-corrected chi connectivity index (χ2v) is 3.99. The Labute approximate surface area is 99.5 Å². The molecule has 5 nitrogen and oxygen atoms in total. The average Bonchev–Trinajstić information content (AvgIpc) is 2.12. The van der Waals surface area contributed by atoms with Crippen LogP contribution in [-0.4, -0.2) is 33.3 Å². The lowest BCUT2D eigenvalue weighted by atomic mass is 10.4. The van der Waals surface area contributed by atoms with Crippen LogP contribution < -0.4 is 10.6 Å². The normalized spacial score (nSPS) is 10.5.